The molecule has 0 amide bonds. The number of rotatable bonds is 4. The van der Waals surface area contributed by atoms with Crippen molar-refractivity contribution in [1.29, 1.82) is 0 Å². The summed E-state index contributed by atoms with van der Waals surface area (Å²) in [5.41, 5.74) is 0. The van der Waals surface area contributed by atoms with Crippen LogP contribution in [0.2, 0.25) is 4.34 Å². The van der Waals surface area contributed by atoms with Crippen molar-refractivity contribution < 1.29 is 13.0 Å². The van der Waals surface area contributed by atoms with Crippen molar-refractivity contribution in [3.63, 3.8) is 0 Å². The van der Waals surface area contributed by atoms with Crippen LogP contribution in [0.25, 0.3) is 0 Å². The Balaban J connectivity index is 2.36. The Hall–Kier alpha value is 0.250. The van der Waals surface area contributed by atoms with Crippen molar-refractivity contribution in [1.82, 2.24) is 0 Å². The van der Waals surface area contributed by atoms with Gasteiger partial charge in [0.25, 0.3) is 10.1 Å². The molecule has 13 heavy (non-hydrogen) atoms. The van der Waals surface area contributed by atoms with E-state index in [9.17, 15) is 8.42 Å². The predicted octanol–water partition coefficient (Wildman–Crippen LogP) is 2.48. The molecule has 0 fully saturated rings. The summed E-state index contributed by atoms with van der Waals surface area (Å²) < 4.78 is 29.8. The summed E-state index contributed by atoms with van der Waals surface area (Å²) >= 11 is 8.22. The number of hydrogen-bond acceptors (Lipinski definition) is 4. The topological polar surface area (TPSA) is 54.4 Å². The van der Waals surface area contributed by atoms with E-state index in [2.05, 4.69) is 0 Å². The quantitative estimate of drug-likeness (QED) is 0.843. The molecule has 0 aliphatic carbocycles. The van der Waals surface area contributed by atoms with Crippen LogP contribution in [0.1, 0.15) is 4.88 Å². The van der Waals surface area contributed by atoms with E-state index in [0.717, 1.165) is 16.6 Å². The molecule has 0 radical (unpaired) electrons. The van der Waals surface area contributed by atoms with Crippen LogP contribution in [0.4, 0.5) is 0 Å². The molecule has 1 aromatic rings. The average Bonchev–Trinajstić information content (AvgIpc) is 2.33. The average molecular weight is 259 g/mol. The zero-order valence-corrected chi connectivity index (χ0v) is 9.64. The summed E-state index contributed by atoms with van der Waals surface area (Å²) in [6.07, 6.45) is 0. The van der Waals surface area contributed by atoms with Crippen LogP contribution in [-0.2, 0) is 15.9 Å². The van der Waals surface area contributed by atoms with Crippen molar-refractivity contribution in [3.05, 3.63) is 21.3 Å². The van der Waals surface area contributed by atoms with Gasteiger partial charge in [-0.3, -0.25) is 4.55 Å². The summed E-state index contributed by atoms with van der Waals surface area (Å²) in [5.74, 6) is 0.553. The van der Waals surface area contributed by atoms with Gasteiger partial charge in [-0.05, 0) is 12.1 Å². The van der Waals surface area contributed by atoms with Crippen LogP contribution in [-0.4, -0.2) is 18.1 Å². The highest BCUT2D eigenvalue weighted by atomic mass is 35.5. The number of thioether (sulfide) groups is 1. The molecule has 74 valence electrons. The largest absolute Gasteiger partial charge is 0.285 e. The first kappa shape index (κ1) is 11.3. The Kier molecular flexibility index (Phi) is 4.06. The molecule has 0 atom stereocenters. The fraction of sp³-hybridized carbons (Fsp3) is 0.333. The minimum absolute atomic E-state index is 0.275. The molecule has 0 aliphatic rings. The molecule has 1 rings (SSSR count). The van der Waals surface area contributed by atoms with Gasteiger partial charge in [-0.2, -0.15) is 8.42 Å². The Bertz CT molecular complexity index is 370. The molecule has 0 spiro atoms. The molecule has 0 unspecified atom stereocenters. The molecule has 3 nitrogen and oxygen atoms in total. The van der Waals surface area contributed by atoms with Gasteiger partial charge in [-0.15, -0.1) is 23.1 Å². The van der Waals surface area contributed by atoms with Gasteiger partial charge < -0.3 is 0 Å². The molecule has 0 bridgehead atoms. The SMILES string of the molecule is O=S(=O)(O)CSCc1ccc(Cl)s1. The highest BCUT2D eigenvalue weighted by Crippen LogP contribution is 2.25. The van der Waals surface area contributed by atoms with Crippen LogP contribution in [0.15, 0.2) is 12.1 Å². The third-order valence-corrected chi connectivity index (χ3v) is 4.89. The van der Waals surface area contributed by atoms with Gasteiger partial charge >= 0.3 is 0 Å². The highest BCUT2D eigenvalue weighted by Gasteiger charge is 2.05. The maximum atomic E-state index is 10.3. The number of halogens is 1. The molecule has 0 aromatic carbocycles. The van der Waals surface area contributed by atoms with Gasteiger partial charge in [0.1, 0.15) is 5.08 Å². The monoisotopic (exact) mass is 258 g/mol. The fourth-order valence-corrected chi connectivity index (χ4v) is 3.52. The van der Waals surface area contributed by atoms with E-state index in [4.69, 9.17) is 16.2 Å². The third kappa shape index (κ3) is 4.87. The zero-order valence-electron chi connectivity index (χ0n) is 6.44. The van der Waals surface area contributed by atoms with E-state index < -0.39 is 10.1 Å². The lowest BCUT2D eigenvalue weighted by atomic mass is 10.5. The van der Waals surface area contributed by atoms with Crippen LogP contribution in [0, 0.1) is 0 Å². The third-order valence-electron chi connectivity index (χ3n) is 1.11. The fourth-order valence-electron chi connectivity index (χ4n) is 0.677. The molecular formula is C6H7ClO3S3. The predicted molar refractivity (Wildman–Crippen MR) is 57.0 cm³/mol. The molecule has 0 saturated heterocycles. The van der Waals surface area contributed by atoms with Gasteiger partial charge in [0.05, 0.1) is 4.34 Å². The Morgan fingerprint density at radius 2 is 2.23 bits per heavy atom. The van der Waals surface area contributed by atoms with Crippen molar-refractivity contribution in [2.24, 2.45) is 0 Å². The Labute approximate surface area is 89.9 Å². The van der Waals surface area contributed by atoms with E-state index in [1.54, 1.807) is 6.07 Å². The van der Waals surface area contributed by atoms with Crippen molar-refractivity contribution >= 4 is 44.8 Å². The lowest BCUT2D eigenvalue weighted by Gasteiger charge is -1.95. The summed E-state index contributed by atoms with van der Waals surface area (Å²) in [4.78, 5) is 0.999. The lowest BCUT2D eigenvalue weighted by Crippen LogP contribution is -1.99. The van der Waals surface area contributed by atoms with Crippen molar-refractivity contribution in [3.8, 4) is 0 Å². The van der Waals surface area contributed by atoms with Crippen LogP contribution < -0.4 is 0 Å². The lowest BCUT2D eigenvalue weighted by molar-refractivity contribution is 0.489. The summed E-state index contributed by atoms with van der Waals surface area (Å²) in [7, 11) is -3.85. The molecule has 1 aromatic heterocycles. The smallest absolute Gasteiger partial charge is 0.274 e. The van der Waals surface area contributed by atoms with E-state index >= 15 is 0 Å². The summed E-state index contributed by atoms with van der Waals surface area (Å²) in [6, 6.07) is 3.60. The Morgan fingerprint density at radius 1 is 1.54 bits per heavy atom. The van der Waals surface area contributed by atoms with Crippen molar-refractivity contribution in [2.75, 3.05) is 5.08 Å². The highest BCUT2D eigenvalue weighted by molar-refractivity contribution is 8.10. The van der Waals surface area contributed by atoms with Gasteiger partial charge in [0.15, 0.2) is 0 Å². The van der Waals surface area contributed by atoms with Crippen molar-refractivity contribution in [2.45, 2.75) is 5.75 Å². The van der Waals surface area contributed by atoms with E-state index in [0.29, 0.717) is 10.1 Å². The van der Waals surface area contributed by atoms with E-state index in [-0.39, 0.29) is 5.08 Å². The first-order valence-corrected chi connectivity index (χ1v) is 7.20. The summed E-state index contributed by atoms with van der Waals surface area (Å²) in [6.45, 7) is 0. The van der Waals surface area contributed by atoms with E-state index in [1.807, 2.05) is 6.07 Å². The molecule has 7 heteroatoms. The summed E-state index contributed by atoms with van der Waals surface area (Å²) in [5, 5.41) is -0.275. The maximum absolute atomic E-state index is 10.3. The van der Waals surface area contributed by atoms with Crippen LogP contribution in [0.5, 0.6) is 0 Å². The number of thiophene rings is 1. The molecule has 0 saturated carbocycles. The molecule has 1 N–H and O–H groups in total. The molecule has 0 aliphatic heterocycles. The van der Waals surface area contributed by atoms with E-state index in [1.165, 1.54) is 11.3 Å². The molecular weight excluding hydrogens is 252 g/mol. The Morgan fingerprint density at radius 3 is 2.69 bits per heavy atom. The minimum atomic E-state index is -3.85. The maximum Gasteiger partial charge on any atom is 0.274 e. The standard InChI is InChI=1S/C6H7ClO3S3/c7-6-2-1-5(12-6)3-11-4-13(8,9)10/h1-2H,3-4H2,(H,8,9,10). The first-order valence-electron chi connectivity index (χ1n) is 3.24. The van der Waals surface area contributed by atoms with Crippen LogP contribution >= 0.6 is 34.7 Å². The van der Waals surface area contributed by atoms with Gasteiger partial charge in [-0.1, -0.05) is 11.6 Å². The number of hydrogen-bond donors (Lipinski definition) is 1. The zero-order chi connectivity index (χ0) is 9.90. The minimum Gasteiger partial charge on any atom is -0.285 e. The second-order valence-electron chi connectivity index (χ2n) is 2.25. The van der Waals surface area contributed by atoms with Gasteiger partial charge in [-0.25, -0.2) is 0 Å². The second-order valence-corrected chi connectivity index (χ2v) is 6.86. The van der Waals surface area contributed by atoms with Crippen LogP contribution in [0.3, 0.4) is 0 Å². The normalized spacial score (nSPS) is 11.8. The second kappa shape index (κ2) is 4.65. The van der Waals surface area contributed by atoms with Gasteiger partial charge in [0.2, 0.25) is 0 Å². The molecule has 1 heterocycles. The van der Waals surface area contributed by atoms with Gasteiger partial charge in [0, 0.05) is 10.6 Å². The first-order chi connectivity index (χ1) is 5.97.